The Hall–Kier alpha value is -3.09. The van der Waals surface area contributed by atoms with Gasteiger partial charge in [-0.3, -0.25) is 14.5 Å². The number of aromatic nitrogens is 1. The Morgan fingerprint density at radius 2 is 1.55 bits per heavy atom. The van der Waals surface area contributed by atoms with Gasteiger partial charge in [0.2, 0.25) is 5.91 Å². The molecule has 3 rings (SSSR count). The molecule has 1 aliphatic rings. The summed E-state index contributed by atoms with van der Waals surface area (Å²) in [6, 6.07) is 15.7. The van der Waals surface area contributed by atoms with Gasteiger partial charge >= 0.3 is 0 Å². The molecule has 0 bridgehead atoms. The Morgan fingerprint density at radius 1 is 0.897 bits per heavy atom. The van der Waals surface area contributed by atoms with Crippen LogP contribution in [0.15, 0.2) is 60.7 Å². The quantitative estimate of drug-likeness (QED) is 0.731. The van der Waals surface area contributed by atoms with E-state index in [1.807, 2.05) is 29.2 Å². The van der Waals surface area contributed by atoms with Gasteiger partial charge in [-0.1, -0.05) is 36.4 Å². The van der Waals surface area contributed by atoms with Crippen molar-refractivity contribution in [3.8, 4) is 0 Å². The highest BCUT2D eigenvalue weighted by atomic mass is 16.3. The van der Waals surface area contributed by atoms with Gasteiger partial charge < -0.3 is 10.0 Å². The maximum absolute atomic E-state index is 12.5. The summed E-state index contributed by atoms with van der Waals surface area (Å²) in [5.74, 6) is -0.406. The molecule has 1 fully saturated rings. The number of nitrogens with zero attached hydrogens (tertiary/aromatic N) is 3. The molecule has 0 spiro atoms. The number of benzene rings is 1. The lowest BCUT2D eigenvalue weighted by Crippen LogP contribution is -2.47. The molecular formula is C23H25N3O3. The molecule has 1 aliphatic heterocycles. The lowest BCUT2D eigenvalue weighted by Gasteiger charge is -2.34. The summed E-state index contributed by atoms with van der Waals surface area (Å²) in [5.41, 5.74) is 2.52. The second-order valence-electron chi connectivity index (χ2n) is 6.87. The number of amides is 1. The number of ketones is 1. The van der Waals surface area contributed by atoms with Gasteiger partial charge in [-0.25, -0.2) is 4.98 Å². The molecule has 2 heterocycles. The van der Waals surface area contributed by atoms with Gasteiger partial charge in [0.1, 0.15) is 6.61 Å². The van der Waals surface area contributed by atoms with Gasteiger partial charge in [0.15, 0.2) is 5.78 Å². The minimum Gasteiger partial charge on any atom is -0.388 e. The summed E-state index contributed by atoms with van der Waals surface area (Å²) in [7, 11) is 0. The molecule has 1 amide bonds. The van der Waals surface area contributed by atoms with E-state index in [4.69, 9.17) is 5.11 Å². The number of aliphatic hydroxyl groups excluding tert-OH is 1. The molecule has 1 aromatic carbocycles. The van der Waals surface area contributed by atoms with E-state index in [2.05, 4.69) is 22.0 Å². The van der Waals surface area contributed by atoms with Gasteiger partial charge in [-0.15, -0.1) is 0 Å². The summed E-state index contributed by atoms with van der Waals surface area (Å²) >= 11 is 0. The molecule has 150 valence electrons. The molecule has 1 aromatic heterocycles. The first-order valence-corrected chi connectivity index (χ1v) is 9.66. The van der Waals surface area contributed by atoms with Crippen LogP contribution < -0.4 is 0 Å². The number of rotatable bonds is 7. The third-order valence-corrected chi connectivity index (χ3v) is 4.72. The van der Waals surface area contributed by atoms with E-state index in [1.165, 1.54) is 11.6 Å². The van der Waals surface area contributed by atoms with Gasteiger partial charge in [-0.2, -0.15) is 0 Å². The third-order valence-electron chi connectivity index (χ3n) is 4.72. The molecule has 0 radical (unpaired) electrons. The Morgan fingerprint density at radius 3 is 2.21 bits per heavy atom. The minimum absolute atomic E-state index is 0.0254. The molecule has 0 unspecified atom stereocenters. The lowest BCUT2D eigenvalue weighted by atomic mass is 10.2. The van der Waals surface area contributed by atoms with E-state index in [-0.39, 0.29) is 11.7 Å². The van der Waals surface area contributed by atoms with E-state index in [1.54, 1.807) is 30.4 Å². The first-order valence-electron chi connectivity index (χ1n) is 9.66. The van der Waals surface area contributed by atoms with Crippen LogP contribution in [-0.2, 0) is 16.1 Å². The molecule has 29 heavy (non-hydrogen) atoms. The minimum atomic E-state index is -0.525. The second-order valence-corrected chi connectivity index (χ2v) is 6.87. The van der Waals surface area contributed by atoms with Gasteiger partial charge in [0, 0.05) is 38.8 Å². The fourth-order valence-electron chi connectivity index (χ4n) is 3.12. The van der Waals surface area contributed by atoms with Crippen molar-refractivity contribution in [2.45, 2.75) is 6.54 Å². The summed E-state index contributed by atoms with van der Waals surface area (Å²) in [6.07, 6.45) is 6.06. The molecule has 1 saturated heterocycles. The predicted molar refractivity (Wildman–Crippen MR) is 113 cm³/mol. The van der Waals surface area contributed by atoms with Gasteiger partial charge in [0.05, 0.1) is 11.4 Å². The topological polar surface area (TPSA) is 73.7 Å². The fraction of sp³-hybridized carbons (Fsp3) is 0.261. The molecule has 0 atom stereocenters. The second kappa shape index (κ2) is 10.5. The molecule has 6 nitrogen and oxygen atoms in total. The maximum atomic E-state index is 12.5. The monoisotopic (exact) mass is 391 g/mol. The first-order chi connectivity index (χ1) is 14.1. The van der Waals surface area contributed by atoms with Crippen molar-refractivity contribution in [3.05, 3.63) is 77.6 Å². The standard InChI is InChI=1S/C23H25N3O3/c27-18-22(28)11-9-20-7-4-8-21(24-20)10-12-23(29)26-15-13-25(14-16-26)17-19-5-2-1-3-6-19/h1-12,27H,13-18H2/b11-9+,12-10+. The largest absolute Gasteiger partial charge is 0.388 e. The predicted octanol–water partition coefficient (Wildman–Crippen LogP) is 2.01. The van der Waals surface area contributed by atoms with Crippen LogP contribution in [0.25, 0.3) is 12.2 Å². The van der Waals surface area contributed by atoms with E-state index < -0.39 is 6.61 Å². The highest BCUT2D eigenvalue weighted by Crippen LogP contribution is 2.10. The number of carbonyl (C=O) groups is 2. The molecular weight excluding hydrogens is 366 g/mol. The van der Waals surface area contributed by atoms with Gasteiger partial charge in [-0.05, 0) is 35.9 Å². The highest BCUT2D eigenvalue weighted by molar-refractivity contribution is 5.94. The number of aliphatic hydroxyl groups is 1. The number of pyridine rings is 1. The van der Waals surface area contributed by atoms with Crippen molar-refractivity contribution < 1.29 is 14.7 Å². The molecule has 0 aliphatic carbocycles. The number of carbonyl (C=O) groups excluding carboxylic acids is 2. The maximum Gasteiger partial charge on any atom is 0.246 e. The van der Waals surface area contributed by atoms with Gasteiger partial charge in [0.25, 0.3) is 0 Å². The van der Waals surface area contributed by atoms with Crippen LogP contribution in [0.2, 0.25) is 0 Å². The Bertz CT molecular complexity index is 885. The van der Waals surface area contributed by atoms with Crippen LogP contribution in [0.5, 0.6) is 0 Å². The smallest absolute Gasteiger partial charge is 0.246 e. The highest BCUT2D eigenvalue weighted by Gasteiger charge is 2.19. The van der Waals surface area contributed by atoms with Crippen LogP contribution in [0.3, 0.4) is 0 Å². The van der Waals surface area contributed by atoms with Crippen LogP contribution in [-0.4, -0.2) is 64.4 Å². The number of hydrogen-bond acceptors (Lipinski definition) is 5. The van der Waals surface area contributed by atoms with E-state index in [0.29, 0.717) is 24.5 Å². The first kappa shape index (κ1) is 20.6. The number of hydrogen-bond donors (Lipinski definition) is 1. The summed E-state index contributed by atoms with van der Waals surface area (Å²) in [6.45, 7) is 3.49. The molecule has 6 heteroatoms. The van der Waals surface area contributed by atoms with Crippen molar-refractivity contribution in [2.75, 3.05) is 32.8 Å². The van der Waals surface area contributed by atoms with Crippen molar-refractivity contribution in [2.24, 2.45) is 0 Å². The van der Waals surface area contributed by atoms with Crippen molar-refractivity contribution in [3.63, 3.8) is 0 Å². The zero-order valence-corrected chi connectivity index (χ0v) is 16.3. The normalized spacial score (nSPS) is 15.3. The molecule has 2 aromatic rings. The molecule has 0 saturated carbocycles. The van der Waals surface area contributed by atoms with Crippen LogP contribution >= 0.6 is 0 Å². The van der Waals surface area contributed by atoms with Crippen LogP contribution in [0, 0.1) is 0 Å². The Kier molecular flexibility index (Phi) is 7.44. The third kappa shape index (κ3) is 6.48. The summed E-state index contributed by atoms with van der Waals surface area (Å²) in [5, 5.41) is 8.75. The van der Waals surface area contributed by atoms with Crippen molar-refractivity contribution in [1.29, 1.82) is 0 Å². The average Bonchev–Trinajstić information content (AvgIpc) is 2.77. The van der Waals surface area contributed by atoms with Crippen LogP contribution in [0.4, 0.5) is 0 Å². The molecule has 1 N–H and O–H groups in total. The Balaban J connectivity index is 1.51. The van der Waals surface area contributed by atoms with E-state index >= 15 is 0 Å². The fourth-order valence-corrected chi connectivity index (χ4v) is 3.12. The number of piperazine rings is 1. The summed E-state index contributed by atoms with van der Waals surface area (Å²) in [4.78, 5) is 32.2. The zero-order valence-electron chi connectivity index (χ0n) is 16.3. The zero-order chi connectivity index (χ0) is 20.5. The van der Waals surface area contributed by atoms with E-state index in [0.717, 1.165) is 19.6 Å². The van der Waals surface area contributed by atoms with Crippen LogP contribution in [0.1, 0.15) is 17.0 Å². The van der Waals surface area contributed by atoms with Crippen molar-refractivity contribution in [1.82, 2.24) is 14.8 Å². The van der Waals surface area contributed by atoms with Crippen molar-refractivity contribution >= 4 is 23.8 Å². The average molecular weight is 391 g/mol. The summed E-state index contributed by atoms with van der Waals surface area (Å²) < 4.78 is 0. The van der Waals surface area contributed by atoms with E-state index in [9.17, 15) is 9.59 Å². The SMILES string of the molecule is O=C(/C=C/c1cccc(/C=C/C(=O)N2CCN(Cc3ccccc3)CC2)n1)CO. The Labute approximate surface area is 170 Å². The lowest BCUT2D eigenvalue weighted by molar-refractivity contribution is -0.127.